The predicted octanol–water partition coefficient (Wildman–Crippen LogP) is 0.851. The van der Waals surface area contributed by atoms with Crippen LogP contribution in [0.4, 0.5) is 0 Å². The van der Waals surface area contributed by atoms with Crippen LogP contribution in [0.2, 0.25) is 0 Å². The zero-order valence-electron chi connectivity index (χ0n) is 15.0. The number of ether oxygens (including phenoxy) is 1. The van der Waals surface area contributed by atoms with Gasteiger partial charge in [0.2, 0.25) is 17.7 Å². The fraction of sp³-hybridized carbons (Fsp3) is 0.500. The molecule has 0 aliphatic carbocycles. The number of β-amino-alcohol motifs (C(OH)–C–C–N with tert-alkyl or cyclic N) is 1. The van der Waals surface area contributed by atoms with Gasteiger partial charge in [0.15, 0.2) is 0 Å². The van der Waals surface area contributed by atoms with E-state index in [0.29, 0.717) is 38.0 Å². The van der Waals surface area contributed by atoms with Gasteiger partial charge in [-0.05, 0) is 19.2 Å². The maximum absolute atomic E-state index is 12.4. The molecule has 2 heterocycles. The number of rotatable bonds is 7. The molecule has 2 atom stereocenters. The third kappa shape index (κ3) is 4.59. The van der Waals surface area contributed by atoms with Gasteiger partial charge in [-0.1, -0.05) is 18.2 Å². The van der Waals surface area contributed by atoms with E-state index in [2.05, 4.69) is 10.2 Å². The molecule has 0 unspecified atom stereocenters. The minimum absolute atomic E-state index is 0.0236. The van der Waals surface area contributed by atoms with Crippen LogP contribution in [0.25, 0.3) is 0 Å². The highest BCUT2D eigenvalue weighted by Crippen LogP contribution is 2.18. The summed E-state index contributed by atoms with van der Waals surface area (Å²) in [5.41, 5.74) is 0. The number of aliphatic hydroxyl groups excluding tert-OH is 1. The maximum atomic E-state index is 12.4. The second kappa shape index (κ2) is 8.29. The largest absolute Gasteiger partial charge is 0.493 e. The molecule has 8 heteroatoms. The smallest absolute Gasteiger partial charge is 0.230 e. The molecule has 3 rings (SSSR count). The minimum Gasteiger partial charge on any atom is -0.493 e. The molecule has 1 fully saturated rings. The average molecular weight is 360 g/mol. The average Bonchev–Trinajstić information content (AvgIpc) is 3.21. The summed E-state index contributed by atoms with van der Waals surface area (Å²) in [6, 6.07) is 9.23. The van der Waals surface area contributed by atoms with Gasteiger partial charge in [0.05, 0.1) is 31.7 Å². The summed E-state index contributed by atoms with van der Waals surface area (Å²) in [4.78, 5) is 16.0. The molecule has 1 saturated heterocycles. The quantitative estimate of drug-likeness (QED) is 0.782. The van der Waals surface area contributed by atoms with Gasteiger partial charge in [-0.25, -0.2) is 0 Å². The fourth-order valence-electron chi connectivity index (χ4n) is 3.07. The third-order valence-electron chi connectivity index (χ3n) is 4.46. The molecule has 0 saturated carbocycles. The van der Waals surface area contributed by atoms with Crippen molar-refractivity contribution in [3.05, 3.63) is 42.1 Å². The summed E-state index contributed by atoms with van der Waals surface area (Å²) < 4.78 is 10.9. The summed E-state index contributed by atoms with van der Waals surface area (Å²) in [7, 11) is 1.87. The van der Waals surface area contributed by atoms with Crippen molar-refractivity contribution >= 4 is 5.91 Å². The Bertz CT molecular complexity index is 721. The van der Waals surface area contributed by atoms with E-state index in [1.54, 1.807) is 11.8 Å². The van der Waals surface area contributed by atoms with E-state index in [4.69, 9.17) is 9.15 Å². The van der Waals surface area contributed by atoms with E-state index >= 15 is 0 Å². The molecule has 2 aromatic rings. The van der Waals surface area contributed by atoms with Gasteiger partial charge >= 0.3 is 0 Å². The second-order valence-corrected chi connectivity index (χ2v) is 6.47. The standard InChI is InChI=1S/C18H24N4O4/c1-13-19-20-17(26-13)12-21(2)15-10-22(11-16(15)23)18(24)8-9-25-14-6-4-3-5-7-14/h3-7,15-16,23H,8-12H2,1-2H3/t15-,16+/m0/s1. The lowest BCUT2D eigenvalue weighted by Crippen LogP contribution is -2.40. The van der Waals surface area contributed by atoms with Gasteiger partial charge in [0.25, 0.3) is 0 Å². The minimum atomic E-state index is -0.608. The highest BCUT2D eigenvalue weighted by Gasteiger charge is 2.36. The first-order valence-corrected chi connectivity index (χ1v) is 8.66. The van der Waals surface area contributed by atoms with E-state index in [9.17, 15) is 9.90 Å². The Balaban J connectivity index is 1.47. The first-order valence-electron chi connectivity index (χ1n) is 8.66. The Morgan fingerprint density at radius 3 is 2.81 bits per heavy atom. The number of likely N-dealkylation sites (tertiary alicyclic amines) is 1. The van der Waals surface area contributed by atoms with E-state index in [1.165, 1.54) is 0 Å². The third-order valence-corrected chi connectivity index (χ3v) is 4.46. The molecular formula is C18H24N4O4. The Morgan fingerprint density at radius 2 is 2.12 bits per heavy atom. The monoisotopic (exact) mass is 360 g/mol. The SMILES string of the molecule is Cc1nnc(CN(C)[C@H]2CN(C(=O)CCOc3ccccc3)C[C@H]2O)o1. The van der Waals surface area contributed by atoms with Crippen molar-refractivity contribution in [2.75, 3.05) is 26.7 Å². The van der Waals surface area contributed by atoms with Crippen LogP contribution in [0.3, 0.4) is 0 Å². The zero-order valence-corrected chi connectivity index (χ0v) is 15.0. The van der Waals surface area contributed by atoms with E-state index < -0.39 is 6.10 Å². The normalized spacial score (nSPS) is 19.9. The first-order chi connectivity index (χ1) is 12.5. The Morgan fingerprint density at radius 1 is 1.35 bits per heavy atom. The maximum Gasteiger partial charge on any atom is 0.230 e. The molecule has 8 nitrogen and oxygen atoms in total. The van der Waals surface area contributed by atoms with Crippen molar-refractivity contribution in [3.63, 3.8) is 0 Å². The molecule has 26 heavy (non-hydrogen) atoms. The van der Waals surface area contributed by atoms with Gasteiger partial charge in [-0.2, -0.15) is 0 Å². The van der Waals surface area contributed by atoms with Crippen molar-refractivity contribution in [3.8, 4) is 5.75 Å². The van der Waals surface area contributed by atoms with Crippen LogP contribution in [-0.4, -0.2) is 69.9 Å². The molecule has 1 aliphatic rings. The summed E-state index contributed by atoms with van der Waals surface area (Å²) >= 11 is 0. The molecule has 0 bridgehead atoms. The van der Waals surface area contributed by atoms with Crippen molar-refractivity contribution in [1.82, 2.24) is 20.0 Å². The molecular weight excluding hydrogens is 336 g/mol. The number of amides is 1. The highest BCUT2D eigenvalue weighted by atomic mass is 16.5. The van der Waals surface area contributed by atoms with Crippen LogP contribution in [0.1, 0.15) is 18.2 Å². The number of benzene rings is 1. The van der Waals surface area contributed by atoms with Crippen molar-refractivity contribution in [2.45, 2.75) is 32.0 Å². The van der Waals surface area contributed by atoms with Gasteiger partial charge in [0.1, 0.15) is 5.75 Å². The second-order valence-electron chi connectivity index (χ2n) is 6.47. The molecule has 1 aromatic heterocycles. The topological polar surface area (TPSA) is 91.9 Å². The number of aryl methyl sites for hydroxylation is 1. The molecule has 1 N–H and O–H groups in total. The molecule has 0 spiro atoms. The van der Waals surface area contributed by atoms with Crippen molar-refractivity contribution in [1.29, 1.82) is 0 Å². The Kier molecular flexibility index (Phi) is 5.85. The Hall–Kier alpha value is -2.45. The summed E-state index contributed by atoms with van der Waals surface area (Å²) in [5, 5.41) is 18.1. The lowest BCUT2D eigenvalue weighted by Gasteiger charge is -2.24. The summed E-state index contributed by atoms with van der Waals surface area (Å²) in [6.07, 6.45) is -0.330. The molecule has 140 valence electrons. The number of aromatic nitrogens is 2. The van der Waals surface area contributed by atoms with Crippen LogP contribution in [-0.2, 0) is 11.3 Å². The number of para-hydroxylation sites is 1. The molecule has 0 radical (unpaired) electrons. The van der Waals surface area contributed by atoms with E-state index in [-0.39, 0.29) is 18.4 Å². The van der Waals surface area contributed by atoms with Gasteiger partial charge in [-0.3, -0.25) is 9.69 Å². The number of likely N-dealkylation sites (N-methyl/N-ethyl adjacent to an activating group) is 1. The lowest BCUT2D eigenvalue weighted by molar-refractivity contribution is -0.131. The first kappa shape index (κ1) is 18.3. The van der Waals surface area contributed by atoms with Crippen molar-refractivity contribution < 1.29 is 19.1 Å². The molecule has 1 amide bonds. The molecule has 1 aliphatic heterocycles. The van der Waals surface area contributed by atoms with Crippen molar-refractivity contribution in [2.24, 2.45) is 0 Å². The van der Waals surface area contributed by atoms with Crippen LogP contribution in [0.15, 0.2) is 34.7 Å². The number of carbonyl (C=O) groups excluding carboxylic acids is 1. The zero-order chi connectivity index (χ0) is 18.5. The highest BCUT2D eigenvalue weighted by molar-refractivity contribution is 5.76. The number of hydrogen-bond donors (Lipinski definition) is 1. The summed E-state index contributed by atoms with van der Waals surface area (Å²) in [5.74, 6) is 1.73. The number of carbonyl (C=O) groups is 1. The molecule has 1 aromatic carbocycles. The number of hydrogen-bond acceptors (Lipinski definition) is 7. The Labute approximate surface area is 152 Å². The van der Waals surface area contributed by atoms with Gasteiger partial charge in [0, 0.05) is 20.0 Å². The summed E-state index contributed by atoms with van der Waals surface area (Å²) in [6.45, 7) is 3.27. The van der Waals surface area contributed by atoms with Gasteiger partial charge < -0.3 is 19.2 Å². The van der Waals surface area contributed by atoms with Crippen LogP contribution < -0.4 is 4.74 Å². The lowest BCUT2D eigenvalue weighted by atomic mass is 10.2. The number of aliphatic hydroxyl groups is 1. The van der Waals surface area contributed by atoms with Crippen LogP contribution >= 0.6 is 0 Å². The number of nitrogens with zero attached hydrogens (tertiary/aromatic N) is 4. The fourth-order valence-corrected chi connectivity index (χ4v) is 3.07. The predicted molar refractivity (Wildman–Crippen MR) is 93.4 cm³/mol. The van der Waals surface area contributed by atoms with E-state index in [1.807, 2.05) is 42.3 Å². The van der Waals surface area contributed by atoms with Crippen LogP contribution in [0, 0.1) is 6.92 Å². The van der Waals surface area contributed by atoms with Gasteiger partial charge in [-0.15, -0.1) is 10.2 Å². The van der Waals surface area contributed by atoms with E-state index in [0.717, 1.165) is 5.75 Å². The van der Waals surface area contributed by atoms with Crippen LogP contribution in [0.5, 0.6) is 5.75 Å².